The van der Waals surface area contributed by atoms with E-state index in [1.807, 2.05) is 0 Å². The number of ether oxygens (including phenoxy) is 3. The summed E-state index contributed by atoms with van der Waals surface area (Å²) in [6, 6.07) is 0. The third kappa shape index (κ3) is 51.3. The van der Waals surface area contributed by atoms with Crippen molar-refractivity contribution in [3.63, 3.8) is 0 Å². The van der Waals surface area contributed by atoms with E-state index >= 15 is 0 Å². The molecule has 0 aliphatic carbocycles. The number of esters is 2. The molecule has 368 valence electrons. The van der Waals surface area contributed by atoms with Crippen LogP contribution in [0.4, 0.5) is 0 Å². The van der Waals surface area contributed by atoms with Crippen molar-refractivity contribution in [3.05, 3.63) is 12.2 Å². The van der Waals surface area contributed by atoms with E-state index in [2.05, 4.69) is 32.9 Å². The third-order valence-corrected chi connectivity index (χ3v) is 12.8. The van der Waals surface area contributed by atoms with Gasteiger partial charge in [0.15, 0.2) is 6.10 Å². The fraction of sp³-hybridized carbons (Fsp3) is 0.930. The number of rotatable bonds is 53. The van der Waals surface area contributed by atoms with Gasteiger partial charge in [-0.05, 0) is 38.5 Å². The highest BCUT2D eigenvalue weighted by Crippen LogP contribution is 2.17. The van der Waals surface area contributed by atoms with Crippen molar-refractivity contribution in [1.82, 2.24) is 0 Å². The van der Waals surface area contributed by atoms with Crippen LogP contribution in [0.2, 0.25) is 0 Å². The molecule has 1 atom stereocenters. The zero-order chi connectivity index (χ0) is 44.9. The van der Waals surface area contributed by atoms with Gasteiger partial charge in [-0.2, -0.15) is 0 Å². The van der Waals surface area contributed by atoms with Gasteiger partial charge in [0, 0.05) is 19.4 Å². The molecule has 0 saturated carbocycles. The minimum atomic E-state index is -0.530. The Morgan fingerprint density at radius 3 is 1.03 bits per heavy atom. The zero-order valence-corrected chi connectivity index (χ0v) is 42.4. The maximum Gasteiger partial charge on any atom is 0.306 e. The molecule has 0 spiro atoms. The summed E-state index contributed by atoms with van der Waals surface area (Å²) in [5.41, 5.74) is 0. The van der Waals surface area contributed by atoms with Crippen LogP contribution >= 0.6 is 0 Å². The highest BCUT2D eigenvalue weighted by molar-refractivity contribution is 5.70. The van der Waals surface area contributed by atoms with Crippen molar-refractivity contribution in [3.8, 4) is 0 Å². The predicted molar refractivity (Wildman–Crippen MR) is 270 cm³/mol. The topological polar surface area (TPSA) is 61.8 Å². The van der Waals surface area contributed by atoms with Crippen molar-refractivity contribution in [2.24, 2.45) is 0 Å². The van der Waals surface area contributed by atoms with Crippen LogP contribution in [0.3, 0.4) is 0 Å². The molecule has 0 aromatic heterocycles. The first-order valence-electron chi connectivity index (χ1n) is 28.2. The lowest BCUT2D eigenvalue weighted by molar-refractivity contribution is -0.163. The van der Waals surface area contributed by atoms with Crippen LogP contribution in [0.5, 0.6) is 0 Å². The molecule has 0 bridgehead atoms. The Morgan fingerprint density at radius 1 is 0.339 bits per heavy atom. The summed E-state index contributed by atoms with van der Waals surface area (Å²) >= 11 is 0. The van der Waals surface area contributed by atoms with Gasteiger partial charge in [0.25, 0.3) is 0 Å². The molecule has 0 N–H and O–H groups in total. The Hall–Kier alpha value is -1.36. The molecule has 0 amide bonds. The summed E-state index contributed by atoms with van der Waals surface area (Å²) in [5.74, 6) is -0.384. The summed E-state index contributed by atoms with van der Waals surface area (Å²) < 4.78 is 17.4. The van der Waals surface area contributed by atoms with Crippen molar-refractivity contribution in [1.29, 1.82) is 0 Å². The molecule has 62 heavy (non-hydrogen) atoms. The fourth-order valence-corrected chi connectivity index (χ4v) is 8.55. The molecule has 0 radical (unpaired) electrons. The second-order valence-electron chi connectivity index (χ2n) is 19.2. The zero-order valence-electron chi connectivity index (χ0n) is 42.4. The molecule has 0 heterocycles. The van der Waals surface area contributed by atoms with E-state index in [0.717, 1.165) is 44.9 Å². The molecule has 0 aliphatic rings. The van der Waals surface area contributed by atoms with Gasteiger partial charge in [-0.15, -0.1) is 0 Å². The molecular weight excluding hydrogens is 765 g/mol. The first-order valence-corrected chi connectivity index (χ1v) is 28.2. The molecule has 0 aliphatic heterocycles. The molecule has 1 unspecified atom stereocenters. The molecule has 0 aromatic carbocycles. The van der Waals surface area contributed by atoms with Gasteiger partial charge in [0.2, 0.25) is 0 Å². The van der Waals surface area contributed by atoms with Crippen molar-refractivity contribution < 1.29 is 23.8 Å². The van der Waals surface area contributed by atoms with Gasteiger partial charge in [0.1, 0.15) is 6.61 Å². The Morgan fingerprint density at radius 2 is 0.645 bits per heavy atom. The highest BCUT2D eigenvalue weighted by atomic mass is 16.6. The van der Waals surface area contributed by atoms with E-state index in [1.165, 1.54) is 238 Å². The smallest absolute Gasteiger partial charge is 0.306 e. The summed E-state index contributed by atoms with van der Waals surface area (Å²) in [6.45, 7) is 7.86. The average Bonchev–Trinajstić information content (AvgIpc) is 3.27. The van der Waals surface area contributed by atoms with Crippen molar-refractivity contribution in [2.75, 3.05) is 19.8 Å². The van der Waals surface area contributed by atoms with Gasteiger partial charge in [-0.25, -0.2) is 0 Å². The summed E-state index contributed by atoms with van der Waals surface area (Å²) in [4.78, 5) is 25.4. The van der Waals surface area contributed by atoms with Crippen molar-refractivity contribution in [2.45, 2.75) is 322 Å². The molecule has 0 fully saturated rings. The van der Waals surface area contributed by atoms with E-state index in [-0.39, 0.29) is 18.5 Å². The lowest BCUT2D eigenvalue weighted by Gasteiger charge is -2.18. The quantitative estimate of drug-likeness (QED) is 0.0346. The number of hydrogen-bond acceptors (Lipinski definition) is 5. The largest absolute Gasteiger partial charge is 0.462 e. The van der Waals surface area contributed by atoms with Crippen LogP contribution in [-0.2, 0) is 23.8 Å². The van der Waals surface area contributed by atoms with Crippen LogP contribution in [-0.4, -0.2) is 37.9 Å². The van der Waals surface area contributed by atoms with Crippen LogP contribution < -0.4 is 0 Å². The van der Waals surface area contributed by atoms with Crippen LogP contribution in [0.1, 0.15) is 316 Å². The number of carbonyl (C=O) groups excluding carboxylic acids is 2. The lowest BCUT2D eigenvalue weighted by atomic mass is 10.0. The van der Waals surface area contributed by atoms with Crippen LogP contribution in [0.25, 0.3) is 0 Å². The van der Waals surface area contributed by atoms with Gasteiger partial charge < -0.3 is 14.2 Å². The minimum absolute atomic E-state index is 0.0917. The second kappa shape index (κ2) is 54.0. The monoisotopic (exact) mass is 875 g/mol. The maximum absolute atomic E-state index is 12.8. The molecule has 5 nitrogen and oxygen atoms in total. The Bertz CT molecular complexity index is 902. The van der Waals surface area contributed by atoms with Gasteiger partial charge in [0.05, 0.1) is 6.61 Å². The number of hydrogen-bond donors (Lipinski definition) is 0. The first-order chi connectivity index (χ1) is 30.6. The highest BCUT2D eigenvalue weighted by Gasteiger charge is 2.17. The predicted octanol–water partition coefficient (Wildman–Crippen LogP) is 19.0. The van der Waals surface area contributed by atoms with E-state index in [9.17, 15) is 9.59 Å². The average molecular weight is 876 g/mol. The second-order valence-corrected chi connectivity index (χ2v) is 19.2. The van der Waals surface area contributed by atoms with Gasteiger partial charge in [-0.3, -0.25) is 9.59 Å². The molecule has 0 aromatic rings. The van der Waals surface area contributed by atoms with E-state index < -0.39 is 6.10 Å². The summed E-state index contributed by atoms with van der Waals surface area (Å²) in [7, 11) is 0. The maximum atomic E-state index is 12.8. The van der Waals surface area contributed by atoms with Crippen LogP contribution in [0, 0.1) is 0 Å². The van der Waals surface area contributed by atoms with Crippen molar-refractivity contribution >= 4 is 11.9 Å². The summed E-state index contributed by atoms with van der Waals surface area (Å²) in [5, 5.41) is 0. The number of carbonyl (C=O) groups is 2. The number of unbranched alkanes of at least 4 members (excludes halogenated alkanes) is 40. The van der Waals surface area contributed by atoms with Gasteiger partial charge >= 0.3 is 11.9 Å². The van der Waals surface area contributed by atoms with E-state index in [4.69, 9.17) is 14.2 Å². The third-order valence-electron chi connectivity index (χ3n) is 12.8. The molecular formula is C57H110O5. The first kappa shape index (κ1) is 60.6. The SMILES string of the molecule is CCCC/C=C\CCCCCCCC(=O)OC(COCCCCCCCCCCCCCCCCCC)COC(=O)CCCCCCCCCCCCCCCCCCCCC. The number of allylic oxidation sites excluding steroid dienone is 2. The lowest BCUT2D eigenvalue weighted by Crippen LogP contribution is -2.30. The van der Waals surface area contributed by atoms with E-state index in [1.54, 1.807) is 0 Å². The minimum Gasteiger partial charge on any atom is -0.462 e. The molecule has 5 heteroatoms. The Balaban J connectivity index is 4.13. The Labute approximate surface area is 388 Å². The molecule has 0 saturated heterocycles. The normalized spacial score (nSPS) is 12.1. The molecule has 0 rings (SSSR count). The van der Waals surface area contributed by atoms with Crippen LogP contribution in [0.15, 0.2) is 12.2 Å². The standard InChI is InChI=1S/C57H110O5/c1-4-7-10-13-16-19-22-24-26-28-29-30-31-33-36-38-41-44-47-50-56(58)61-54-55(62-57(59)51-48-45-42-39-35-21-18-15-12-9-6-3)53-60-52-49-46-43-40-37-34-32-27-25-23-20-17-14-11-8-5-2/h15,18,55H,4-14,16-17,19-54H2,1-3H3/b18-15-. The van der Waals surface area contributed by atoms with E-state index in [0.29, 0.717) is 26.1 Å². The Kier molecular flexibility index (Phi) is 52.8. The fourth-order valence-electron chi connectivity index (χ4n) is 8.55. The summed E-state index contributed by atoms with van der Waals surface area (Å²) in [6.07, 6.45) is 62.3. The van der Waals surface area contributed by atoms with Gasteiger partial charge in [-0.1, -0.05) is 277 Å².